The molecule has 2 heterocycles. The monoisotopic (exact) mass is 269 g/mol. The van der Waals surface area contributed by atoms with Gasteiger partial charge >= 0.3 is 6.09 Å². The molecule has 0 aromatic rings. The van der Waals surface area contributed by atoms with Crippen LogP contribution in [-0.2, 0) is 9.47 Å². The summed E-state index contributed by atoms with van der Waals surface area (Å²) >= 11 is 0. The van der Waals surface area contributed by atoms with E-state index in [1.807, 2.05) is 25.7 Å². The van der Waals surface area contributed by atoms with Crippen LogP contribution >= 0.6 is 0 Å². The first-order valence-electron chi connectivity index (χ1n) is 7.30. The van der Waals surface area contributed by atoms with Gasteiger partial charge in [-0.25, -0.2) is 4.79 Å². The summed E-state index contributed by atoms with van der Waals surface area (Å²) in [6, 6.07) is 0.226. The average molecular weight is 269 g/mol. The first kappa shape index (κ1) is 14.6. The van der Waals surface area contributed by atoms with Gasteiger partial charge in [0.15, 0.2) is 0 Å². The smallest absolute Gasteiger partial charge is 0.410 e. The van der Waals surface area contributed by atoms with Crippen molar-refractivity contribution in [1.82, 2.24) is 4.90 Å². The van der Waals surface area contributed by atoms with Gasteiger partial charge in [0, 0.05) is 12.6 Å². The molecular weight excluding hydrogens is 242 g/mol. The second-order valence-electron chi connectivity index (χ2n) is 7.47. The molecule has 0 aromatic carbocycles. The number of amides is 1. The minimum atomic E-state index is -0.431. The van der Waals surface area contributed by atoms with Crippen molar-refractivity contribution in [2.75, 3.05) is 13.2 Å². The van der Waals surface area contributed by atoms with Crippen LogP contribution in [0.5, 0.6) is 0 Å². The van der Waals surface area contributed by atoms with Gasteiger partial charge in [0.2, 0.25) is 0 Å². The number of likely N-dealkylation sites (tertiary alicyclic amines) is 1. The van der Waals surface area contributed by atoms with Crippen LogP contribution in [0.4, 0.5) is 4.79 Å². The number of carbonyl (C=O) groups excluding carboxylic acids is 1. The minimum Gasteiger partial charge on any atom is -0.444 e. The van der Waals surface area contributed by atoms with Crippen molar-refractivity contribution in [1.29, 1.82) is 0 Å². The first-order chi connectivity index (χ1) is 8.69. The Morgan fingerprint density at radius 3 is 2.58 bits per heavy atom. The molecule has 1 amide bonds. The van der Waals surface area contributed by atoms with E-state index >= 15 is 0 Å². The zero-order valence-electron chi connectivity index (χ0n) is 12.9. The lowest BCUT2D eigenvalue weighted by Crippen LogP contribution is -2.54. The van der Waals surface area contributed by atoms with Gasteiger partial charge in [-0.2, -0.15) is 0 Å². The molecule has 2 aliphatic heterocycles. The van der Waals surface area contributed by atoms with Gasteiger partial charge in [0.1, 0.15) is 5.60 Å². The quantitative estimate of drug-likeness (QED) is 0.723. The summed E-state index contributed by atoms with van der Waals surface area (Å²) in [7, 11) is 0. The van der Waals surface area contributed by atoms with E-state index in [1.54, 1.807) is 0 Å². The van der Waals surface area contributed by atoms with Gasteiger partial charge in [-0.15, -0.1) is 0 Å². The van der Waals surface area contributed by atoms with Gasteiger partial charge in [0.05, 0.1) is 12.7 Å². The molecule has 2 saturated heterocycles. The van der Waals surface area contributed by atoms with Gasteiger partial charge in [-0.05, 0) is 45.4 Å². The van der Waals surface area contributed by atoms with E-state index in [4.69, 9.17) is 9.47 Å². The van der Waals surface area contributed by atoms with Crippen molar-refractivity contribution in [3.05, 3.63) is 0 Å². The van der Waals surface area contributed by atoms with Crippen molar-refractivity contribution in [2.24, 2.45) is 5.41 Å². The molecule has 19 heavy (non-hydrogen) atoms. The summed E-state index contributed by atoms with van der Waals surface area (Å²) in [4.78, 5) is 14.3. The molecule has 2 unspecified atom stereocenters. The third kappa shape index (κ3) is 3.85. The van der Waals surface area contributed by atoms with Gasteiger partial charge in [0.25, 0.3) is 0 Å². The first-order valence-corrected chi connectivity index (χ1v) is 7.30. The summed E-state index contributed by atoms with van der Waals surface area (Å²) in [6.07, 6.45) is 3.31. The highest BCUT2D eigenvalue weighted by Crippen LogP contribution is 2.39. The van der Waals surface area contributed by atoms with E-state index in [1.165, 1.54) is 0 Å². The summed E-state index contributed by atoms with van der Waals surface area (Å²) in [6.45, 7) is 11.9. The predicted molar refractivity (Wildman–Crippen MR) is 74.1 cm³/mol. The van der Waals surface area contributed by atoms with Crippen LogP contribution in [0.1, 0.15) is 53.9 Å². The van der Waals surface area contributed by atoms with Crippen LogP contribution in [0.3, 0.4) is 0 Å². The zero-order chi connectivity index (χ0) is 14.3. The van der Waals surface area contributed by atoms with Crippen LogP contribution in [-0.4, -0.2) is 41.9 Å². The second-order valence-corrected chi connectivity index (χ2v) is 7.47. The Hall–Kier alpha value is -0.770. The SMILES string of the molecule is CC(C)(C)OC(=O)N1CCCC(C)(C)C1CC1CO1. The number of epoxide rings is 1. The zero-order valence-corrected chi connectivity index (χ0v) is 12.9. The molecule has 0 radical (unpaired) electrons. The molecule has 2 atom stereocenters. The summed E-state index contributed by atoms with van der Waals surface area (Å²) < 4.78 is 10.9. The fourth-order valence-electron chi connectivity index (χ4n) is 2.89. The molecule has 0 spiro atoms. The van der Waals surface area contributed by atoms with E-state index in [0.29, 0.717) is 6.10 Å². The molecule has 4 nitrogen and oxygen atoms in total. The van der Waals surface area contributed by atoms with E-state index < -0.39 is 5.60 Å². The van der Waals surface area contributed by atoms with Gasteiger partial charge < -0.3 is 14.4 Å². The number of ether oxygens (including phenoxy) is 2. The third-order valence-corrected chi connectivity index (χ3v) is 4.01. The van der Waals surface area contributed by atoms with Crippen LogP contribution in [0.15, 0.2) is 0 Å². The summed E-state index contributed by atoms with van der Waals surface area (Å²) in [5.74, 6) is 0. The number of hydrogen-bond acceptors (Lipinski definition) is 3. The van der Waals surface area contributed by atoms with Crippen molar-refractivity contribution >= 4 is 6.09 Å². The van der Waals surface area contributed by atoms with Crippen molar-refractivity contribution in [2.45, 2.75) is 71.6 Å². The van der Waals surface area contributed by atoms with E-state index in [0.717, 1.165) is 32.4 Å². The number of nitrogens with zero attached hydrogens (tertiary/aromatic N) is 1. The maximum absolute atomic E-state index is 12.4. The Bertz CT molecular complexity index is 342. The lowest BCUT2D eigenvalue weighted by atomic mass is 9.74. The Balaban J connectivity index is 2.08. The molecule has 0 aromatic heterocycles. The maximum Gasteiger partial charge on any atom is 0.410 e. The second kappa shape index (κ2) is 4.97. The highest BCUT2D eigenvalue weighted by molar-refractivity contribution is 5.68. The fourth-order valence-corrected chi connectivity index (χ4v) is 2.89. The Morgan fingerprint density at radius 1 is 1.42 bits per heavy atom. The Kier molecular flexibility index (Phi) is 3.83. The highest BCUT2D eigenvalue weighted by atomic mass is 16.6. The lowest BCUT2D eigenvalue weighted by Gasteiger charge is -2.46. The molecule has 2 aliphatic rings. The normalized spacial score (nSPS) is 30.1. The van der Waals surface area contributed by atoms with Gasteiger partial charge in [-0.3, -0.25) is 0 Å². The van der Waals surface area contributed by atoms with E-state index in [2.05, 4.69) is 13.8 Å². The van der Waals surface area contributed by atoms with Crippen molar-refractivity contribution < 1.29 is 14.3 Å². The lowest BCUT2D eigenvalue weighted by molar-refractivity contribution is -0.0191. The Labute approximate surface area is 116 Å². The van der Waals surface area contributed by atoms with E-state index in [9.17, 15) is 4.79 Å². The van der Waals surface area contributed by atoms with Crippen molar-refractivity contribution in [3.8, 4) is 0 Å². The highest BCUT2D eigenvalue weighted by Gasteiger charge is 2.44. The van der Waals surface area contributed by atoms with Crippen LogP contribution in [0.2, 0.25) is 0 Å². The molecule has 2 fully saturated rings. The third-order valence-electron chi connectivity index (χ3n) is 4.01. The van der Waals surface area contributed by atoms with Crippen LogP contribution in [0.25, 0.3) is 0 Å². The summed E-state index contributed by atoms with van der Waals surface area (Å²) in [5, 5.41) is 0. The van der Waals surface area contributed by atoms with Crippen LogP contribution < -0.4 is 0 Å². The molecule has 0 saturated carbocycles. The van der Waals surface area contributed by atoms with Gasteiger partial charge in [-0.1, -0.05) is 13.8 Å². The topological polar surface area (TPSA) is 42.1 Å². The van der Waals surface area contributed by atoms with E-state index in [-0.39, 0.29) is 17.6 Å². The molecule has 110 valence electrons. The molecule has 4 heteroatoms. The molecule has 0 bridgehead atoms. The standard InChI is InChI=1S/C15H27NO3/c1-14(2,3)19-13(17)16-8-6-7-15(4,5)12(16)9-11-10-18-11/h11-12H,6-10H2,1-5H3. The average Bonchev–Trinajstić information content (AvgIpc) is 3.01. The molecule has 0 N–H and O–H groups in total. The maximum atomic E-state index is 12.4. The summed E-state index contributed by atoms with van der Waals surface area (Å²) in [5.41, 5.74) is -0.291. The Morgan fingerprint density at radius 2 is 2.05 bits per heavy atom. The van der Waals surface area contributed by atoms with Crippen LogP contribution in [0, 0.1) is 5.41 Å². The fraction of sp³-hybridized carbons (Fsp3) is 0.933. The largest absolute Gasteiger partial charge is 0.444 e. The predicted octanol–water partition coefficient (Wildman–Crippen LogP) is 3.20. The molecule has 2 rings (SSSR count). The number of hydrogen-bond donors (Lipinski definition) is 0. The minimum absolute atomic E-state index is 0.140. The number of rotatable bonds is 2. The van der Waals surface area contributed by atoms with Crippen molar-refractivity contribution in [3.63, 3.8) is 0 Å². The molecular formula is C15H27NO3. The number of carbonyl (C=O) groups is 1. The molecule has 0 aliphatic carbocycles. The number of piperidine rings is 1.